The van der Waals surface area contributed by atoms with Crippen LogP contribution >= 0.6 is 11.6 Å². The predicted octanol–water partition coefficient (Wildman–Crippen LogP) is 1.74. The smallest absolute Gasteiger partial charge is 0.269 e. The number of aromatic amines is 1. The molecular weight excluding hydrogens is 304 g/mol. The Kier molecular flexibility index (Phi) is 4.11. The number of H-pyrrole nitrogens is 1. The number of carbonyl (C=O) groups excluding carboxylic acids is 2. The van der Waals surface area contributed by atoms with Crippen molar-refractivity contribution in [3.8, 4) is 11.3 Å². The molecule has 114 valence electrons. The molecule has 3 N–H and O–H groups in total. The second-order valence-electron chi connectivity index (χ2n) is 5.13. The Morgan fingerprint density at radius 1 is 1.32 bits per heavy atom. The van der Waals surface area contributed by atoms with Gasteiger partial charge < -0.3 is 10.6 Å². The second-order valence-corrected chi connectivity index (χ2v) is 5.57. The zero-order chi connectivity index (χ0) is 15.5. The predicted molar refractivity (Wildman–Crippen MR) is 82.5 cm³/mol. The number of halogens is 1. The summed E-state index contributed by atoms with van der Waals surface area (Å²) in [6.07, 6.45) is 1.51. The van der Waals surface area contributed by atoms with Crippen LogP contribution in [0.1, 0.15) is 23.3 Å². The van der Waals surface area contributed by atoms with Crippen LogP contribution in [0.2, 0.25) is 5.02 Å². The first-order valence-electron chi connectivity index (χ1n) is 7.03. The average molecular weight is 319 g/mol. The molecule has 1 atom stereocenters. The molecule has 0 spiro atoms. The SMILES string of the molecule is O=C(N[C@H]1CCCNC1=O)c1cc(-c2ccc(Cl)cc2)n[nH]1. The molecule has 0 aliphatic carbocycles. The monoisotopic (exact) mass is 318 g/mol. The van der Waals surface area contributed by atoms with Gasteiger partial charge in [-0.2, -0.15) is 5.10 Å². The molecule has 1 aromatic carbocycles. The number of aromatic nitrogens is 2. The van der Waals surface area contributed by atoms with Gasteiger partial charge in [-0.3, -0.25) is 14.7 Å². The largest absolute Gasteiger partial charge is 0.354 e. The van der Waals surface area contributed by atoms with Crippen molar-refractivity contribution in [1.82, 2.24) is 20.8 Å². The fraction of sp³-hybridized carbons (Fsp3) is 0.267. The minimum atomic E-state index is -0.483. The first-order valence-corrected chi connectivity index (χ1v) is 7.41. The first kappa shape index (κ1) is 14.6. The van der Waals surface area contributed by atoms with Gasteiger partial charge in [0, 0.05) is 17.1 Å². The molecule has 1 fully saturated rings. The fourth-order valence-corrected chi connectivity index (χ4v) is 2.48. The zero-order valence-electron chi connectivity index (χ0n) is 11.7. The number of carbonyl (C=O) groups is 2. The summed E-state index contributed by atoms with van der Waals surface area (Å²) in [5.41, 5.74) is 1.83. The normalized spacial score (nSPS) is 17.9. The van der Waals surface area contributed by atoms with Crippen LogP contribution in [-0.2, 0) is 4.79 Å². The van der Waals surface area contributed by atoms with Crippen molar-refractivity contribution < 1.29 is 9.59 Å². The molecule has 2 aromatic rings. The molecular formula is C15H15ClN4O2. The third-order valence-electron chi connectivity index (χ3n) is 3.55. The highest BCUT2D eigenvalue weighted by molar-refractivity contribution is 6.30. The molecule has 1 aliphatic heterocycles. The van der Waals surface area contributed by atoms with Crippen LogP contribution in [0.5, 0.6) is 0 Å². The minimum absolute atomic E-state index is 0.142. The van der Waals surface area contributed by atoms with Gasteiger partial charge >= 0.3 is 0 Å². The number of hydrogen-bond acceptors (Lipinski definition) is 3. The van der Waals surface area contributed by atoms with E-state index in [0.717, 1.165) is 12.0 Å². The van der Waals surface area contributed by atoms with Gasteiger partial charge in [0.2, 0.25) is 5.91 Å². The second kappa shape index (κ2) is 6.19. The Hall–Kier alpha value is -2.34. The summed E-state index contributed by atoms with van der Waals surface area (Å²) in [6.45, 7) is 0.663. The van der Waals surface area contributed by atoms with E-state index in [1.165, 1.54) is 0 Å². The lowest BCUT2D eigenvalue weighted by Crippen LogP contribution is -2.50. The molecule has 7 heteroatoms. The van der Waals surface area contributed by atoms with Gasteiger partial charge in [0.05, 0.1) is 5.69 Å². The summed E-state index contributed by atoms with van der Waals surface area (Å²) < 4.78 is 0. The Bertz CT molecular complexity index is 696. The van der Waals surface area contributed by atoms with Gasteiger partial charge in [0.15, 0.2) is 0 Å². The zero-order valence-corrected chi connectivity index (χ0v) is 12.5. The molecule has 22 heavy (non-hydrogen) atoms. The maximum Gasteiger partial charge on any atom is 0.269 e. The minimum Gasteiger partial charge on any atom is -0.354 e. The van der Waals surface area contributed by atoms with Crippen molar-refractivity contribution in [2.75, 3.05) is 6.54 Å². The van der Waals surface area contributed by atoms with E-state index < -0.39 is 6.04 Å². The molecule has 2 amide bonds. The van der Waals surface area contributed by atoms with Crippen molar-refractivity contribution in [2.45, 2.75) is 18.9 Å². The molecule has 0 saturated carbocycles. The maximum atomic E-state index is 12.2. The van der Waals surface area contributed by atoms with Crippen molar-refractivity contribution in [2.24, 2.45) is 0 Å². The highest BCUT2D eigenvalue weighted by atomic mass is 35.5. The maximum absolute atomic E-state index is 12.2. The topological polar surface area (TPSA) is 86.9 Å². The summed E-state index contributed by atoms with van der Waals surface area (Å²) in [6, 6.07) is 8.35. The molecule has 2 heterocycles. The number of amides is 2. The summed E-state index contributed by atoms with van der Waals surface area (Å²) >= 11 is 5.85. The van der Waals surface area contributed by atoms with Crippen molar-refractivity contribution in [3.63, 3.8) is 0 Å². The third-order valence-corrected chi connectivity index (χ3v) is 3.81. The molecule has 1 aromatic heterocycles. The summed E-state index contributed by atoms with van der Waals surface area (Å²) in [5, 5.41) is 12.9. The Morgan fingerprint density at radius 2 is 2.09 bits per heavy atom. The number of hydrogen-bond donors (Lipinski definition) is 3. The lowest BCUT2D eigenvalue weighted by molar-refractivity contribution is -0.124. The van der Waals surface area contributed by atoms with Crippen molar-refractivity contribution >= 4 is 23.4 Å². The number of piperidine rings is 1. The number of benzene rings is 1. The molecule has 0 radical (unpaired) electrons. The molecule has 1 saturated heterocycles. The summed E-state index contributed by atoms with van der Waals surface area (Å²) in [5.74, 6) is -0.480. The van der Waals surface area contributed by atoms with Gasteiger partial charge in [-0.1, -0.05) is 23.7 Å². The van der Waals surface area contributed by atoms with Crippen LogP contribution in [0, 0.1) is 0 Å². The Labute approximate surface area is 132 Å². The fourth-order valence-electron chi connectivity index (χ4n) is 2.35. The molecule has 6 nitrogen and oxygen atoms in total. The lowest BCUT2D eigenvalue weighted by atomic mass is 10.1. The van der Waals surface area contributed by atoms with E-state index in [2.05, 4.69) is 20.8 Å². The molecule has 0 bridgehead atoms. The average Bonchev–Trinajstić information content (AvgIpc) is 3.00. The van der Waals surface area contributed by atoms with E-state index in [4.69, 9.17) is 11.6 Å². The quantitative estimate of drug-likeness (QED) is 0.805. The van der Waals surface area contributed by atoms with Gasteiger partial charge in [0.1, 0.15) is 11.7 Å². The Balaban J connectivity index is 1.71. The van der Waals surface area contributed by atoms with Crippen LogP contribution in [0.3, 0.4) is 0 Å². The van der Waals surface area contributed by atoms with Crippen LogP contribution in [0.25, 0.3) is 11.3 Å². The summed E-state index contributed by atoms with van der Waals surface area (Å²) in [4.78, 5) is 23.8. The van der Waals surface area contributed by atoms with E-state index in [-0.39, 0.29) is 11.8 Å². The molecule has 3 rings (SSSR count). The highest BCUT2D eigenvalue weighted by Gasteiger charge is 2.24. The van der Waals surface area contributed by atoms with Crippen LogP contribution in [-0.4, -0.2) is 34.6 Å². The standard InChI is InChI=1S/C15H15ClN4O2/c16-10-5-3-9(4-6-10)12-8-13(20-19-12)15(22)18-11-2-1-7-17-14(11)21/h3-6,8,11H,1-2,7H2,(H,17,21)(H,18,22)(H,19,20)/t11-/m0/s1. The van der Waals surface area contributed by atoms with E-state index in [9.17, 15) is 9.59 Å². The van der Waals surface area contributed by atoms with Gasteiger partial charge in [-0.05, 0) is 31.0 Å². The number of rotatable bonds is 3. The van der Waals surface area contributed by atoms with E-state index in [1.807, 2.05) is 12.1 Å². The van der Waals surface area contributed by atoms with E-state index in [0.29, 0.717) is 29.4 Å². The van der Waals surface area contributed by atoms with Gasteiger partial charge in [-0.15, -0.1) is 0 Å². The van der Waals surface area contributed by atoms with Gasteiger partial charge in [-0.25, -0.2) is 0 Å². The number of nitrogens with one attached hydrogen (secondary N) is 3. The van der Waals surface area contributed by atoms with Crippen LogP contribution in [0.4, 0.5) is 0 Å². The first-order chi connectivity index (χ1) is 10.6. The van der Waals surface area contributed by atoms with Gasteiger partial charge in [0.25, 0.3) is 5.91 Å². The van der Waals surface area contributed by atoms with Crippen molar-refractivity contribution in [3.05, 3.63) is 41.0 Å². The number of nitrogens with zero attached hydrogens (tertiary/aromatic N) is 1. The molecule has 1 aliphatic rings. The summed E-state index contributed by atoms with van der Waals surface area (Å²) in [7, 11) is 0. The van der Waals surface area contributed by atoms with Crippen LogP contribution < -0.4 is 10.6 Å². The highest BCUT2D eigenvalue weighted by Crippen LogP contribution is 2.20. The van der Waals surface area contributed by atoms with Crippen molar-refractivity contribution in [1.29, 1.82) is 0 Å². The Morgan fingerprint density at radius 3 is 2.82 bits per heavy atom. The third kappa shape index (κ3) is 3.12. The van der Waals surface area contributed by atoms with Crippen LogP contribution in [0.15, 0.2) is 30.3 Å². The molecule has 0 unspecified atom stereocenters. The van der Waals surface area contributed by atoms with E-state index >= 15 is 0 Å². The van der Waals surface area contributed by atoms with E-state index in [1.54, 1.807) is 18.2 Å². The lowest BCUT2D eigenvalue weighted by Gasteiger charge is -2.22.